The molecule has 75 heavy (non-hydrogen) atoms. The van der Waals surface area contributed by atoms with E-state index in [1.807, 2.05) is 0 Å². The molecular formula is C75H50. The van der Waals surface area contributed by atoms with E-state index in [4.69, 9.17) is 0 Å². The molecule has 0 N–H and O–H groups in total. The van der Waals surface area contributed by atoms with Gasteiger partial charge in [-0.15, -0.1) is 0 Å². The molecule has 0 heteroatoms. The van der Waals surface area contributed by atoms with Gasteiger partial charge in [-0.2, -0.15) is 0 Å². The van der Waals surface area contributed by atoms with Crippen molar-refractivity contribution >= 4 is 64.6 Å². The van der Waals surface area contributed by atoms with Gasteiger partial charge in [0.25, 0.3) is 0 Å². The van der Waals surface area contributed by atoms with E-state index in [1.165, 1.54) is 154 Å². The van der Waals surface area contributed by atoms with Crippen LogP contribution in [0.1, 0.15) is 25.0 Å². The van der Waals surface area contributed by atoms with E-state index in [1.54, 1.807) is 0 Å². The third kappa shape index (κ3) is 6.98. The Balaban J connectivity index is 0.863. The Kier molecular flexibility index (Phi) is 9.72. The van der Waals surface area contributed by atoms with E-state index in [0.717, 1.165) is 0 Å². The molecular weight excluding hydrogens is 901 g/mol. The first-order valence-electron chi connectivity index (χ1n) is 26.3. The smallest absolute Gasteiger partial charge is 0.0159 e. The van der Waals surface area contributed by atoms with Crippen LogP contribution < -0.4 is 0 Å². The Morgan fingerprint density at radius 1 is 0.173 bits per heavy atom. The molecule has 14 aromatic carbocycles. The summed E-state index contributed by atoms with van der Waals surface area (Å²) in [5.41, 5.74) is 19.9. The summed E-state index contributed by atoms with van der Waals surface area (Å²) in [7, 11) is 0. The number of rotatable bonds is 6. The van der Waals surface area contributed by atoms with E-state index >= 15 is 0 Å². The highest BCUT2D eigenvalue weighted by Gasteiger charge is 2.37. The van der Waals surface area contributed by atoms with Crippen LogP contribution in [0.5, 0.6) is 0 Å². The van der Waals surface area contributed by atoms with Gasteiger partial charge in [0, 0.05) is 5.41 Å². The molecule has 0 bridgehead atoms. The summed E-state index contributed by atoms with van der Waals surface area (Å²) < 4.78 is 0. The quantitative estimate of drug-likeness (QED) is 0.146. The van der Waals surface area contributed by atoms with Crippen LogP contribution in [0.2, 0.25) is 0 Å². The van der Waals surface area contributed by atoms with Gasteiger partial charge >= 0.3 is 0 Å². The van der Waals surface area contributed by atoms with Gasteiger partial charge in [-0.1, -0.05) is 220 Å². The standard InChI is InChI=1S/C75H50/c1-75(2)73-45-69-61-31-11-9-29-59(61)65-41-57(55-27-15-25-53(39-55)51-23-13-21-49(37-51)47-17-5-3-6-18-47)33-35-63(65)67(69)43-71(73)72-44-68-64-36-34-58(42-66(64)60-30-10-12-32-62(60)70(68)46-74(72)75)56-28-16-26-54(40-56)52-24-14-22-50(38-52)48-19-7-4-8-20-48/h3-46H,1-2H3. The molecule has 0 atom stereocenters. The average Bonchev–Trinajstić information content (AvgIpc) is 3.70. The summed E-state index contributed by atoms with van der Waals surface area (Å²) in [5.74, 6) is 0. The van der Waals surface area contributed by atoms with Crippen LogP contribution in [0.3, 0.4) is 0 Å². The Morgan fingerprint density at radius 2 is 0.413 bits per heavy atom. The van der Waals surface area contributed by atoms with E-state index in [9.17, 15) is 0 Å². The molecule has 0 aromatic heterocycles. The highest BCUT2D eigenvalue weighted by molar-refractivity contribution is 6.29. The first-order valence-corrected chi connectivity index (χ1v) is 26.3. The maximum atomic E-state index is 2.53. The Bertz CT molecular complexity index is 4350. The van der Waals surface area contributed by atoms with Crippen molar-refractivity contribution in [2.45, 2.75) is 19.3 Å². The lowest BCUT2D eigenvalue weighted by atomic mass is 9.80. The highest BCUT2D eigenvalue weighted by Crippen LogP contribution is 2.54. The van der Waals surface area contributed by atoms with Gasteiger partial charge < -0.3 is 0 Å². The van der Waals surface area contributed by atoms with Crippen molar-refractivity contribution in [2.75, 3.05) is 0 Å². The minimum atomic E-state index is -0.204. The summed E-state index contributed by atoms with van der Waals surface area (Å²) >= 11 is 0. The molecule has 0 radical (unpaired) electrons. The van der Waals surface area contributed by atoms with Gasteiger partial charge in [0.05, 0.1) is 0 Å². The zero-order valence-electron chi connectivity index (χ0n) is 41.9. The average molecular weight is 951 g/mol. The summed E-state index contributed by atoms with van der Waals surface area (Å²) in [5, 5.41) is 15.5. The second-order valence-electron chi connectivity index (χ2n) is 21.2. The fraction of sp³-hybridized carbons (Fsp3) is 0.0400. The predicted octanol–water partition coefficient (Wildman–Crippen LogP) is 20.9. The summed E-state index contributed by atoms with van der Waals surface area (Å²) in [6.45, 7) is 4.86. The number of hydrogen-bond donors (Lipinski definition) is 0. The van der Waals surface area contributed by atoms with Gasteiger partial charge in [-0.3, -0.25) is 0 Å². The van der Waals surface area contributed by atoms with Crippen molar-refractivity contribution in [1.82, 2.24) is 0 Å². The normalized spacial score (nSPS) is 12.8. The highest BCUT2D eigenvalue weighted by atomic mass is 14.4. The lowest BCUT2D eigenvalue weighted by Crippen LogP contribution is -2.15. The maximum absolute atomic E-state index is 2.53. The molecule has 0 saturated carbocycles. The van der Waals surface area contributed by atoms with E-state index in [2.05, 4.69) is 281 Å². The van der Waals surface area contributed by atoms with E-state index < -0.39 is 0 Å². The Labute approximate surface area is 437 Å². The lowest BCUT2D eigenvalue weighted by Gasteiger charge is -2.23. The summed E-state index contributed by atoms with van der Waals surface area (Å²) in [4.78, 5) is 0. The van der Waals surface area contributed by atoms with Crippen LogP contribution in [0.25, 0.3) is 143 Å². The van der Waals surface area contributed by atoms with Gasteiger partial charge in [-0.05, 0) is 214 Å². The van der Waals surface area contributed by atoms with Crippen LogP contribution in [0, 0.1) is 0 Å². The maximum Gasteiger partial charge on any atom is 0.0159 e. The Hall–Kier alpha value is -9.36. The van der Waals surface area contributed by atoms with E-state index in [0.29, 0.717) is 0 Å². The summed E-state index contributed by atoms with van der Waals surface area (Å²) in [6, 6.07) is 99.7. The van der Waals surface area contributed by atoms with Crippen LogP contribution in [-0.2, 0) is 5.41 Å². The molecule has 14 aromatic rings. The minimum absolute atomic E-state index is 0.204. The largest absolute Gasteiger partial charge is 0.0622 e. The number of benzene rings is 14. The second kappa shape index (κ2) is 16.9. The first-order chi connectivity index (χ1) is 36.9. The van der Waals surface area contributed by atoms with Crippen molar-refractivity contribution in [3.05, 3.63) is 278 Å². The second-order valence-corrected chi connectivity index (χ2v) is 21.2. The molecule has 0 amide bonds. The van der Waals surface area contributed by atoms with Crippen molar-refractivity contribution in [2.24, 2.45) is 0 Å². The molecule has 1 aliphatic rings. The molecule has 0 aliphatic heterocycles. The molecule has 0 saturated heterocycles. The van der Waals surface area contributed by atoms with Crippen LogP contribution in [0.15, 0.2) is 267 Å². The first kappa shape index (κ1) is 43.2. The zero-order valence-corrected chi connectivity index (χ0v) is 41.9. The monoisotopic (exact) mass is 950 g/mol. The molecule has 0 fully saturated rings. The zero-order chi connectivity index (χ0) is 49.8. The number of fused-ring (bicyclic) bond motifs is 15. The van der Waals surface area contributed by atoms with Crippen molar-refractivity contribution < 1.29 is 0 Å². The SMILES string of the molecule is CC1(C)c2cc3c4ccccc4c4cc(-c5cccc(-c6cccc(-c7ccccc7)c6)c5)ccc4c3cc2-c2cc3c4ccc(-c5cccc(-c6cccc(-c7ccccc7)c6)c5)cc4c4ccccc4c3cc21. The Morgan fingerprint density at radius 3 is 0.747 bits per heavy atom. The van der Waals surface area contributed by atoms with Crippen LogP contribution >= 0.6 is 0 Å². The fourth-order valence-electron chi connectivity index (χ4n) is 12.8. The topological polar surface area (TPSA) is 0 Å². The fourth-order valence-corrected chi connectivity index (χ4v) is 12.8. The molecule has 0 heterocycles. The van der Waals surface area contributed by atoms with Gasteiger partial charge in [-0.25, -0.2) is 0 Å². The van der Waals surface area contributed by atoms with Gasteiger partial charge in [0.2, 0.25) is 0 Å². The van der Waals surface area contributed by atoms with Gasteiger partial charge in [0.1, 0.15) is 0 Å². The van der Waals surface area contributed by atoms with E-state index in [-0.39, 0.29) is 5.41 Å². The molecule has 350 valence electrons. The third-order valence-corrected chi connectivity index (χ3v) is 16.6. The van der Waals surface area contributed by atoms with Crippen LogP contribution in [-0.4, -0.2) is 0 Å². The molecule has 0 spiro atoms. The molecule has 15 rings (SSSR count). The lowest BCUT2D eigenvalue weighted by molar-refractivity contribution is 0.662. The molecule has 0 unspecified atom stereocenters. The van der Waals surface area contributed by atoms with Crippen molar-refractivity contribution in [3.8, 4) is 77.9 Å². The minimum Gasteiger partial charge on any atom is -0.0622 e. The molecule has 0 nitrogen and oxygen atoms in total. The van der Waals surface area contributed by atoms with Gasteiger partial charge in [0.15, 0.2) is 0 Å². The molecule has 1 aliphatic carbocycles. The third-order valence-electron chi connectivity index (χ3n) is 16.6. The predicted molar refractivity (Wildman–Crippen MR) is 322 cm³/mol. The summed E-state index contributed by atoms with van der Waals surface area (Å²) in [6.07, 6.45) is 0. The number of hydrogen-bond acceptors (Lipinski definition) is 0. The van der Waals surface area contributed by atoms with Crippen LogP contribution in [0.4, 0.5) is 0 Å². The van der Waals surface area contributed by atoms with Crippen molar-refractivity contribution in [1.29, 1.82) is 0 Å². The van der Waals surface area contributed by atoms with Crippen molar-refractivity contribution in [3.63, 3.8) is 0 Å².